The highest BCUT2D eigenvalue weighted by molar-refractivity contribution is 5.84. The molecule has 138 valence electrons. The van der Waals surface area contributed by atoms with Crippen LogP contribution in [0.5, 0.6) is 0 Å². The van der Waals surface area contributed by atoms with Crippen LogP contribution in [-0.4, -0.2) is 55.2 Å². The molecule has 0 bridgehead atoms. The molecule has 0 saturated carbocycles. The van der Waals surface area contributed by atoms with Gasteiger partial charge in [0.05, 0.1) is 12.2 Å². The van der Waals surface area contributed by atoms with E-state index in [0.29, 0.717) is 13.1 Å². The molecule has 2 fully saturated rings. The maximum Gasteiger partial charge on any atom is 0.244 e. The van der Waals surface area contributed by atoms with Crippen molar-refractivity contribution in [1.29, 1.82) is 0 Å². The lowest BCUT2D eigenvalue weighted by Gasteiger charge is -2.36. The summed E-state index contributed by atoms with van der Waals surface area (Å²) in [6.45, 7) is 11.8. The van der Waals surface area contributed by atoms with Gasteiger partial charge in [-0.25, -0.2) is 0 Å². The van der Waals surface area contributed by atoms with Crippen molar-refractivity contribution in [2.24, 2.45) is 0 Å². The third kappa shape index (κ3) is 4.27. The number of aryl methyl sites for hydroxylation is 1. The number of nitrogens with one attached hydrogen (secondary N) is 1. The van der Waals surface area contributed by atoms with Crippen LogP contribution in [0, 0.1) is 6.92 Å². The number of morpholine rings is 1. The predicted molar refractivity (Wildman–Crippen MR) is 102 cm³/mol. The van der Waals surface area contributed by atoms with Crippen molar-refractivity contribution >= 4 is 17.3 Å². The molecule has 3 rings (SSSR count). The van der Waals surface area contributed by atoms with E-state index in [2.05, 4.69) is 35.3 Å². The minimum Gasteiger partial charge on any atom is -0.374 e. The predicted octanol–water partition coefficient (Wildman–Crippen LogP) is 3.03. The molecule has 3 unspecified atom stereocenters. The van der Waals surface area contributed by atoms with Gasteiger partial charge in [0.1, 0.15) is 6.04 Å². The van der Waals surface area contributed by atoms with Crippen molar-refractivity contribution in [2.75, 3.05) is 36.4 Å². The van der Waals surface area contributed by atoms with Gasteiger partial charge in [0, 0.05) is 37.6 Å². The zero-order valence-corrected chi connectivity index (χ0v) is 15.9. The van der Waals surface area contributed by atoms with E-state index in [0.717, 1.165) is 18.8 Å². The van der Waals surface area contributed by atoms with Crippen LogP contribution in [0.3, 0.4) is 0 Å². The first-order valence-electron chi connectivity index (χ1n) is 9.50. The van der Waals surface area contributed by atoms with Crippen LogP contribution in [0.25, 0.3) is 0 Å². The Kier molecular flexibility index (Phi) is 5.52. The van der Waals surface area contributed by atoms with Crippen molar-refractivity contribution in [3.05, 3.63) is 23.8 Å². The van der Waals surface area contributed by atoms with Gasteiger partial charge in [0.25, 0.3) is 0 Å². The Bertz CT molecular complexity index is 603. The summed E-state index contributed by atoms with van der Waals surface area (Å²) >= 11 is 0. The summed E-state index contributed by atoms with van der Waals surface area (Å²) < 4.78 is 5.72. The fourth-order valence-corrected chi connectivity index (χ4v) is 4.00. The maximum atomic E-state index is 12.8. The summed E-state index contributed by atoms with van der Waals surface area (Å²) in [4.78, 5) is 17.1. The standard InChI is InChI=1S/C20H31N3O2/c1-14-11-18(7-8-19(14)22-9-5-6-10-22)21-17(4)20(24)23-12-15(2)25-16(3)13-23/h7-8,11,15-17,21H,5-6,9-10,12-13H2,1-4H3. The number of carbonyl (C=O) groups excluding carboxylic acids is 1. The van der Waals surface area contributed by atoms with Crippen molar-refractivity contribution in [3.63, 3.8) is 0 Å². The van der Waals surface area contributed by atoms with Gasteiger partial charge in [-0.1, -0.05) is 0 Å². The fourth-order valence-electron chi connectivity index (χ4n) is 4.00. The van der Waals surface area contributed by atoms with Gasteiger partial charge >= 0.3 is 0 Å². The summed E-state index contributed by atoms with van der Waals surface area (Å²) in [5.74, 6) is 0.142. The van der Waals surface area contributed by atoms with Gasteiger partial charge in [-0.05, 0) is 64.3 Å². The monoisotopic (exact) mass is 345 g/mol. The number of anilines is 2. The number of nitrogens with zero attached hydrogens (tertiary/aromatic N) is 2. The lowest BCUT2D eigenvalue weighted by atomic mass is 10.1. The third-order valence-electron chi connectivity index (χ3n) is 5.13. The Morgan fingerprint density at radius 3 is 2.44 bits per heavy atom. The van der Waals surface area contributed by atoms with Gasteiger partial charge in [-0.3, -0.25) is 4.79 Å². The van der Waals surface area contributed by atoms with Crippen LogP contribution >= 0.6 is 0 Å². The normalized spacial score (nSPS) is 25.1. The SMILES string of the molecule is Cc1cc(NC(C)C(=O)N2CC(C)OC(C)C2)ccc1N1CCCC1. The van der Waals surface area contributed by atoms with Crippen molar-refractivity contribution in [3.8, 4) is 0 Å². The molecule has 1 amide bonds. The summed E-state index contributed by atoms with van der Waals surface area (Å²) in [6.07, 6.45) is 2.76. The molecule has 2 heterocycles. The lowest BCUT2D eigenvalue weighted by Crippen LogP contribution is -2.52. The molecule has 0 aliphatic carbocycles. The molecule has 0 radical (unpaired) electrons. The number of rotatable bonds is 4. The van der Waals surface area contributed by atoms with E-state index in [9.17, 15) is 4.79 Å². The molecule has 3 atom stereocenters. The number of benzene rings is 1. The average molecular weight is 345 g/mol. The first kappa shape index (κ1) is 18.1. The number of hydrogen-bond acceptors (Lipinski definition) is 4. The fraction of sp³-hybridized carbons (Fsp3) is 0.650. The van der Waals surface area contributed by atoms with E-state index in [-0.39, 0.29) is 24.2 Å². The van der Waals surface area contributed by atoms with Crippen LogP contribution in [-0.2, 0) is 9.53 Å². The van der Waals surface area contributed by atoms with Crippen LogP contribution in [0.15, 0.2) is 18.2 Å². The molecule has 5 heteroatoms. The molecule has 2 saturated heterocycles. The van der Waals surface area contributed by atoms with E-state index in [1.54, 1.807) is 0 Å². The number of ether oxygens (including phenoxy) is 1. The van der Waals surface area contributed by atoms with Crippen LogP contribution in [0.4, 0.5) is 11.4 Å². The van der Waals surface area contributed by atoms with Gasteiger partial charge in [0.2, 0.25) is 5.91 Å². The summed E-state index contributed by atoms with van der Waals surface area (Å²) in [5, 5.41) is 3.38. The van der Waals surface area contributed by atoms with Gasteiger partial charge in [-0.2, -0.15) is 0 Å². The zero-order valence-electron chi connectivity index (χ0n) is 15.9. The second-order valence-corrected chi connectivity index (χ2v) is 7.56. The van der Waals surface area contributed by atoms with Crippen LogP contribution in [0.1, 0.15) is 39.2 Å². The first-order chi connectivity index (χ1) is 11.9. The van der Waals surface area contributed by atoms with Gasteiger partial charge in [0.15, 0.2) is 0 Å². The van der Waals surface area contributed by atoms with E-state index in [1.165, 1.54) is 24.1 Å². The highest BCUT2D eigenvalue weighted by atomic mass is 16.5. The number of hydrogen-bond donors (Lipinski definition) is 1. The number of carbonyl (C=O) groups is 1. The lowest BCUT2D eigenvalue weighted by molar-refractivity contribution is -0.143. The summed E-state index contributed by atoms with van der Waals surface area (Å²) in [6, 6.07) is 6.19. The van der Waals surface area contributed by atoms with E-state index < -0.39 is 0 Å². The highest BCUT2D eigenvalue weighted by Crippen LogP contribution is 2.27. The summed E-state index contributed by atoms with van der Waals surface area (Å²) in [5.41, 5.74) is 3.59. The van der Waals surface area contributed by atoms with Crippen molar-refractivity contribution < 1.29 is 9.53 Å². The Labute approximate surface area is 151 Å². The van der Waals surface area contributed by atoms with E-state index in [1.807, 2.05) is 25.7 Å². The quantitative estimate of drug-likeness (QED) is 0.911. The van der Waals surface area contributed by atoms with Crippen LogP contribution < -0.4 is 10.2 Å². The van der Waals surface area contributed by atoms with Gasteiger partial charge < -0.3 is 19.9 Å². The Hall–Kier alpha value is -1.75. The van der Waals surface area contributed by atoms with Crippen molar-refractivity contribution in [1.82, 2.24) is 4.90 Å². The van der Waals surface area contributed by atoms with Crippen molar-refractivity contribution in [2.45, 2.75) is 58.8 Å². The zero-order chi connectivity index (χ0) is 18.0. The summed E-state index contributed by atoms with van der Waals surface area (Å²) in [7, 11) is 0. The molecule has 0 spiro atoms. The minimum absolute atomic E-state index is 0.0990. The van der Waals surface area contributed by atoms with E-state index in [4.69, 9.17) is 4.74 Å². The Balaban J connectivity index is 1.63. The molecule has 1 aromatic rings. The van der Waals surface area contributed by atoms with E-state index >= 15 is 0 Å². The topological polar surface area (TPSA) is 44.8 Å². The largest absolute Gasteiger partial charge is 0.374 e. The minimum atomic E-state index is -0.241. The molecular weight excluding hydrogens is 314 g/mol. The highest BCUT2D eigenvalue weighted by Gasteiger charge is 2.28. The molecule has 0 aromatic heterocycles. The molecular formula is C20H31N3O2. The molecule has 25 heavy (non-hydrogen) atoms. The maximum absolute atomic E-state index is 12.8. The Morgan fingerprint density at radius 1 is 1.20 bits per heavy atom. The first-order valence-corrected chi connectivity index (χ1v) is 9.50. The van der Waals surface area contributed by atoms with Crippen LogP contribution in [0.2, 0.25) is 0 Å². The molecule has 1 N–H and O–H groups in total. The molecule has 2 aliphatic rings. The third-order valence-corrected chi connectivity index (χ3v) is 5.13. The molecule has 5 nitrogen and oxygen atoms in total. The molecule has 2 aliphatic heterocycles. The Morgan fingerprint density at radius 2 is 1.84 bits per heavy atom. The molecule has 1 aromatic carbocycles. The second-order valence-electron chi connectivity index (χ2n) is 7.56. The average Bonchev–Trinajstić information content (AvgIpc) is 3.07. The number of amides is 1. The second kappa shape index (κ2) is 7.65. The smallest absolute Gasteiger partial charge is 0.244 e. The van der Waals surface area contributed by atoms with Gasteiger partial charge in [-0.15, -0.1) is 0 Å².